The monoisotopic (exact) mass is 275 g/mol. The van der Waals surface area contributed by atoms with Crippen LogP contribution in [0.3, 0.4) is 0 Å². The Bertz CT molecular complexity index is 412. The molecule has 0 aliphatic heterocycles. The third-order valence-corrected chi connectivity index (χ3v) is 4.26. The van der Waals surface area contributed by atoms with E-state index in [4.69, 9.17) is 5.73 Å². The van der Waals surface area contributed by atoms with Gasteiger partial charge in [0.15, 0.2) is 5.78 Å². The third-order valence-electron chi connectivity index (χ3n) is 4.26. The van der Waals surface area contributed by atoms with E-state index in [-0.39, 0.29) is 5.78 Å². The summed E-state index contributed by atoms with van der Waals surface area (Å²) in [6.07, 6.45) is 5.94. The number of nitrogens with two attached hydrogens (primary N) is 1. The number of ketones is 1. The zero-order chi connectivity index (χ0) is 14.4. The summed E-state index contributed by atoms with van der Waals surface area (Å²) in [5.74, 6) is 0.371. The lowest BCUT2D eigenvalue weighted by molar-refractivity contribution is -0.129. The lowest BCUT2D eigenvalue weighted by Gasteiger charge is -2.24. The van der Waals surface area contributed by atoms with E-state index in [1.54, 1.807) is 0 Å². The Morgan fingerprint density at radius 2 is 1.85 bits per heavy atom. The maximum Gasteiger partial charge on any atom is 0.163 e. The van der Waals surface area contributed by atoms with Gasteiger partial charge in [-0.3, -0.25) is 4.79 Å². The van der Waals surface area contributed by atoms with Crippen LogP contribution in [0, 0.1) is 5.92 Å². The van der Waals surface area contributed by atoms with Crippen LogP contribution < -0.4 is 5.73 Å². The Kier molecular flexibility index (Phi) is 5.74. The van der Waals surface area contributed by atoms with Gasteiger partial charge in [-0.1, -0.05) is 62.4 Å². The standard InChI is InChI=1S/C17H25NO2/c18-15(11-13-7-3-1-4-8-13)17(20)16(19)12-14-9-5-2-6-10-14/h1,3-4,7-8,14-15,17,20H,2,5-6,9-12,18H2/t15-,17?/m0/s1. The number of benzene rings is 1. The molecule has 3 nitrogen and oxygen atoms in total. The molecule has 1 aliphatic rings. The zero-order valence-corrected chi connectivity index (χ0v) is 12.0. The first-order chi connectivity index (χ1) is 9.66. The summed E-state index contributed by atoms with van der Waals surface area (Å²) in [7, 11) is 0. The Labute approximate surface area is 121 Å². The van der Waals surface area contributed by atoms with Crippen LogP contribution in [-0.4, -0.2) is 23.0 Å². The number of carbonyl (C=O) groups is 1. The van der Waals surface area contributed by atoms with Crippen LogP contribution in [0.5, 0.6) is 0 Å². The highest BCUT2D eigenvalue weighted by Crippen LogP contribution is 2.27. The van der Waals surface area contributed by atoms with Crippen LogP contribution >= 0.6 is 0 Å². The van der Waals surface area contributed by atoms with Crippen LogP contribution in [-0.2, 0) is 11.2 Å². The molecular weight excluding hydrogens is 250 g/mol. The van der Waals surface area contributed by atoms with Gasteiger partial charge in [-0.05, 0) is 17.9 Å². The fraction of sp³-hybridized carbons (Fsp3) is 0.588. The second-order valence-corrected chi connectivity index (χ2v) is 5.97. The van der Waals surface area contributed by atoms with Crippen molar-refractivity contribution in [3.63, 3.8) is 0 Å². The van der Waals surface area contributed by atoms with Crippen LogP contribution in [0.15, 0.2) is 30.3 Å². The van der Waals surface area contributed by atoms with E-state index >= 15 is 0 Å². The second-order valence-electron chi connectivity index (χ2n) is 5.97. The van der Waals surface area contributed by atoms with Gasteiger partial charge in [0.1, 0.15) is 6.10 Å². The van der Waals surface area contributed by atoms with Gasteiger partial charge >= 0.3 is 0 Å². The molecule has 1 fully saturated rings. The molecule has 3 heteroatoms. The predicted octanol–water partition coefficient (Wildman–Crippen LogP) is 2.46. The number of carbonyl (C=O) groups excluding carboxylic acids is 1. The van der Waals surface area contributed by atoms with Gasteiger partial charge in [0.05, 0.1) is 0 Å². The molecule has 0 radical (unpaired) electrons. The lowest BCUT2D eigenvalue weighted by Crippen LogP contribution is -2.42. The minimum atomic E-state index is -1.03. The SMILES string of the molecule is N[C@@H](Cc1ccccc1)C(O)C(=O)CC1CCCCC1. The van der Waals surface area contributed by atoms with Crippen LogP contribution in [0.1, 0.15) is 44.1 Å². The molecule has 1 aromatic carbocycles. The second kappa shape index (κ2) is 7.55. The third kappa shape index (κ3) is 4.43. The lowest BCUT2D eigenvalue weighted by atomic mass is 9.84. The van der Waals surface area contributed by atoms with Crippen molar-refractivity contribution in [2.45, 2.75) is 57.1 Å². The Morgan fingerprint density at radius 1 is 1.20 bits per heavy atom. The number of aliphatic hydroxyl groups is 1. The van der Waals surface area contributed by atoms with E-state index < -0.39 is 12.1 Å². The molecule has 110 valence electrons. The molecule has 3 N–H and O–H groups in total. The fourth-order valence-corrected chi connectivity index (χ4v) is 3.03. The molecule has 2 rings (SSSR count). The van der Waals surface area contributed by atoms with Gasteiger partial charge in [0.2, 0.25) is 0 Å². The highest BCUT2D eigenvalue weighted by Gasteiger charge is 2.26. The zero-order valence-electron chi connectivity index (χ0n) is 12.0. The van der Waals surface area contributed by atoms with Crippen molar-refractivity contribution in [3.8, 4) is 0 Å². The highest BCUT2D eigenvalue weighted by atomic mass is 16.3. The summed E-state index contributed by atoms with van der Waals surface area (Å²) >= 11 is 0. The van der Waals surface area contributed by atoms with Crippen molar-refractivity contribution in [3.05, 3.63) is 35.9 Å². The van der Waals surface area contributed by atoms with Crippen LogP contribution in [0.2, 0.25) is 0 Å². The number of hydrogen-bond donors (Lipinski definition) is 2. The molecule has 2 atom stereocenters. The van der Waals surface area contributed by atoms with E-state index in [0.29, 0.717) is 18.8 Å². The van der Waals surface area contributed by atoms with E-state index in [9.17, 15) is 9.90 Å². The minimum Gasteiger partial charge on any atom is -0.384 e. The van der Waals surface area contributed by atoms with Gasteiger partial charge < -0.3 is 10.8 Å². The van der Waals surface area contributed by atoms with Crippen molar-refractivity contribution in [2.75, 3.05) is 0 Å². The number of aliphatic hydroxyl groups excluding tert-OH is 1. The summed E-state index contributed by atoms with van der Waals surface area (Å²) in [6, 6.07) is 9.26. The maximum absolute atomic E-state index is 12.1. The maximum atomic E-state index is 12.1. The molecule has 1 aromatic rings. The molecule has 0 aromatic heterocycles. The normalized spacial score (nSPS) is 19.5. The van der Waals surface area contributed by atoms with E-state index in [1.165, 1.54) is 19.3 Å². The van der Waals surface area contributed by atoms with Gasteiger partial charge in [-0.25, -0.2) is 0 Å². The Morgan fingerprint density at radius 3 is 2.50 bits per heavy atom. The first kappa shape index (κ1) is 15.2. The molecule has 0 saturated heterocycles. The fourth-order valence-electron chi connectivity index (χ4n) is 3.03. The summed E-state index contributed by atoms with van der Waals surface area (Å²) in [4.78, 5) is 12.1. The molecular formula is C17H25NO2. The van der Waals surface area contributed by atoms with Gasteiger partial charge in [0, 0.05) is 12.5 Å². The molecule has 0 spiro atoms. The summed E-state index contributed by atoms with van der Waals surface area (Å²) in [5.41, 5.74) is 7.04. The first-order valence-electron chi connectivity index (χ1n) is 7.67. The van der Waals surface area contributed by atoms with Crippen LogP contribution in [0.25, 0.3) is 0 Å². The molecule has 0 bridgehead atoms. The summed E-state index contributed by atoms with van der Waals surface area (Å²) in [5, 5.41) is 10.1. The molecule has 1 unspecified atom stereocenters. The predicted molar refractivity (Wildman–Crippen MR) is 80.3 cm³/mol. The van der Waals surface area contributed by atoms with Gasteiger partial charge in [0.25, 0.3) is 0 Å². The average Bonchev–Trinajstić information content (AvgIpc) is 2.48. The molecule has 1 aliphatic carbocycles. The van der Waals surface area contributed by atoms with E-state index in [0.717, 1.165) is 18.4 Å². The topological polar surface area (TPSA) is 63.3 Å². The van der Waals surface area contributed by atoms with Crippen LogP contribution in [0.4, 0.5) is 0 Å². The van der Waals surface area contributed by atoms with E-state index in [1.807, 2.05) is 30.3 Å². The van der Waals surface area contributed by atoms with Crippen molar-refractivity contribution >= 4 is 5.78 Å². The first-order valence-corrected chi connectivity index (χ1v) is 7.67. The number of hydrogen-bond acceptors (Lipinski definition) is 3. The Balaban J connectivity index is 1.82. The summed E-state index contributed by atoms with van der Waals surface area (Å²) in [6.45, 7) is 0. The number of Topliss-reactive ketones (excluding diaryl/α,β-unsaturated/α-hetero) is 1. The number of rotatable bonds is 6. The van der Waals surface area contributed by atoms with Crippen molar-refractivity contribution in [1.82, 2.24) is 0 Å². The molecule has 1 saturated carbocycles. The van der Waals surface area contributed by atoms with Crippen molar-refractivity contribution in [2.24, 2.45) is 11.7 Å². The van der Waals surface area contributed by atoms with Gasteiger partial charge in [-0.2, -0.15) is 0 Å². The van der Waals surface area contributed by atoms with E-state index in [2.05, 4.69) is 0 Å². The van der Waals surface area contributed by atoms with Gasteiger partial charge in [-0.15, -0.1) is 0 Å². The average molecular weight is 275 g/mol. The molecule has 20 heavy (non-hydrogen) atoms. The largest absolute Gasteiger partial charge is 0.384 e. The highest BCUT2D eigenvalue weighted by molar-refractivity contribution is 5.83. The van der Waals surface area contributed by atoms with Crippen molar-refractivity contribution < 1.29 is 9.90 Å². The van der Waals surface area contributed by atoms with Crippen molar-refractivity contribution in [1.29, 1.82) is 0 Å². The Hall–Kier alpha value is -1.19. The smallest absolute Gasteiger partial charge is 0.163 e. The molecule has 0 heterocycles. The quantitative estimate of drug-likeness (QED) is 0.838. The molecule has 0 amide bonds. The summed E-state index contributed by atoms with van der Waals surface area (Å²) < 4.78 is 0. The minimum absolute atomic E-state index is 0.0830.